The van der Waals surface area contributed by atoms with E-state index in [1.165, 1.54) is 0 Å². The predicted molar refractivity (Wildman–Crippen MR) is 102 cm³/mol. The fourth-order valence-corrected chi connectivity index (χ4v) is 4.12. The van der Waals surface area contributed by atoms with E-state index in [4.69, 9.17) is 9.40 Å². The first-order chi connectivity index (χ1) is 12.8. The van der Waals surface area contributed by atoms with E-state index in [1.807, 2.05) is 29.2 Å². The summed E-state index contributed by atoms with van der Waals surface area (Å²) in [4.78, 5) is 23.1. The second-order valence-electron chi connectivity index (χ2n) is 6.26. The van der Waals surface area contributed by atoms with Crippen molar-refractivity contribution in [2.45, 2.75) is 18.8 Å². The van der Waals surface area contributed by atoms with E-state index in [1.54, 1.807) is 42.1 Å². The molecule has 0 saturated carbocycles. The van der Waals surface area contributed by atoms with Crippen molar-refractivity contribution in [1.29, 1.82) is 0 Å². The third-order valence-electron chi connectivity index (χ3n) is 4.59. The Morgan fingerprint density at radius 1 is 1.23 bits per heavy atom. The SMILES string of the molecule is O=C(/C=C/c1ccco1)N1CCC(c2nc(-c3ccncc3)cs2)CC1. The lowest BCUT2D eigenvalue weighted by atomic mass is 9.97. The number of amides is 1. The minimum Gasteiger partial charge on any atom is -0.465 e. The molecule has 1 fully saturated rings. The van der Waals surface area contributed by atoms with Gasteiger partial charge in [-0.2, -0.15) is 0 Å². The largest absolute Gasteiger partial charge is 0.465 e. The number of thiazole rings is 1. The van der Waals surface area contributed by atoms with Gasteiger partial charge in [-0.1, -0.05) is 0 Å². The zero-order valence-corrected chi connectivity index (χ0v) is 15.1. The molecule has 1 aliphatic heterocycles. The standard InChI is InChI=1S/C20H19N3O2S/c24-19(4-3-17-2-1-13-25-17)23-11-7-16(8-12-23)20-22-18(14-26-20)15-5-9-21-10-6-15/h1-6,9-10,13-14,16H,7-8,11-12H2/b4-3+. The highest BCUT2D eigenvalue weighted by Crippen LogP contribution is 2.32. The Hall–Kier alpha value is -2.73. The molecule has 1 aliphatic rings. The summed E-state index contributed by atoms with van der Waals surface area (Å²) < 4.78 is 5.22. The van der Waals surface area contributed by atoms with Crippen molar-refractivity contribution in [3.8, 4) is 11.3 Å². The lowest BCUT2D eigenvalue weighted by molar-refractivity contribution is -0.126. The summed E-state index contributed by atoms with van der Waals surface area (Å²) in [5, 5.41) is 3.27. The van der Waals surface area contributed by atoms with Crippen LogP contribution in [0.5, 0.6) is 0 Å². The lowest BCUT2D eigenvalue weighted by Gasteiger charge is -2.30. The Labute approximate surface area is 156 Å². The number of aromatic nitrogens is 2. The van der Waals surface area contributed by atoms with Crippen molar-refractivity contribution in [1.82, 2.24) is 14.9 Å². The maximum atomic E-state index is 12.3. The molecule has 0 aromatic carbocycles. The van der Waals surface area contributed by atoms with Crippen molar-refractivity contribution in [3.63, 3.8) is 0 Å². The Bertz CT molecular complexity index is 879. The maximum Gasteiger partial charge on any atom is 0.246 e. The minimum absolute atomic E-state index is 0.0384. The maximum absolute atomic E-state index is 12.3. The van der Waals surface area contributed by atoms with E-state index < -0.39 is 0 Å². The van der Waals surface area contributed by atoms with Crippen LogP contribution < -0.4 is 0 Å². The van der Waals surface area contributed by atoms with Crippen LogP contribution in [0.4, 0.5) is 0 Å². The molecule has 0 aliphatic carbocycles. The van der Waals surface area contributed by atoms with Crippen LogP contribution in [-0.2, 0) is 4.79 Å². The number of carbonyl (C=O) groups excluding carboxylic acids is 1. The van der Waals surface area contributed by atoms with Crippen LogP contribution in [0.15, 0.2) is 58.8 Å². The smallest absolute Gasteiger partial charge is 0.246 e. The molecule has 0 bridgehead atoms. The fourth-order valence-electron chi connectivity index (χ4n) is 3.12. The topological polar surface area (TPSA) is 59.2 Å². The summed E-state index contributed by atoms with van der Waals surface area (Å²) in [7, 11) is 0. The first-order valence-electron chi connectivity index (χ1n) is 8.66. The van der Waals surface area contributed by atoms with Crippen LogP contribution in [0.1, 0.15) is 29.5 Å². The summed E-state index contributed by atoms with van der Waals surface area (Å²) in [5.74, 6) is 1.16. The number of piperidine rings is 1. The summed E-state index contributed by atoms with van der Waals surface area (Å²) in [5.41, 5.74) is 2.10. The monoisotopic (exact) mass is 365 g/mol. The van der Waals surface area contributed by atoms with Crippen molar-refractivity contribution in [3.05, 3.63) is 65.1 Å². The first kappa shape index (κ1) is 16.7. The number of rotatable bonds is 4. The van der Waals surface area contributed by atoms with Gasteiger partial charge in [0, 0.05) is 48.4 Å². The van der Waals surface area contributed by atoms with Crippen LogP contribution in [0, 0.1) is 0 Å². The van der Waals surface area contributed by atoms with Gasteiger partial charge in [-0.3, -0.25) is 9.78 Å². The molecule has 3 aromatic rings. The molecule has 0 spiro atoms. The van der Waals surface area contributed by atoms with E-state index in [0.29, 0.717) is 11.7 Å². The Morgan fingerprint density at radius 3 is 2.77 bits per heavy atom. The molecule has 0 atom stereocenters. The van der Waals surface area contributed by atoms with E-state index in [0.717, 1.165) is 42.2 Å². The highest BCUT2D eigenvalue weighted by molar-refractivity contribution is 7.10. The highest BCUT2D eigenvalue weighted by atomic mass is 32.1. The number of hydrogen-bond acceptors (Lipinski definition) is 5. The average Bonchev–Trinajstić information content (AvgIpc) is 3.39. The molecule has 6 heteroatoms. The lowest BCUT2D eigenvalue weighted by Crippen LogP contribution is -2.36. The molecular weight excluding hydrogens is 346 g/mol. The molecule has 1 saturated heterocycles. The van der Waals surface area contributed by atoms with Crippen LogP contribution in [0.25, 0.3) is 17.3 Å². The van der Waals surface area contributed by atoms with Crippen molar-refractivity contribution in [2.75, 3.05) is 13.1 Å². The average molecular weight is 365 g/mol. The van der Waals surface area contributed by atoms with Gasteiger partial charge in [0.15, 0.2) is 0 Å². The number of likely N-dealkylation sites (tertiary alicyclic amines) is 1. The minimum atomic E-state index is 0.0384. The van der Waals surface area contributed by atoms with Gasteiger partial charge in [0.05, 0.1) is 17.0 Å². The molecule has 26 heavy (non-hydrogen) atoms. The third-order valence-corrected chi connectivity index (χ3v) is 5.59. The second kappa shape index (κ2) is 7.66. The molecule has 0 N–H and O–H groups in total. The number of hydrogen-bond donors (Lipinski definition) is 0. The Balaban J connectivity index is 1.35. The van der Waals surface area contributed by atoms with Crippen LogP contribution in [-0.4, -0.2) is 33.9 Å². The van der Waals surface area contributed by atoms with E-state index in [-0.39, 0.29) is 5.91 Å². The number of pyridine rings is 1. The summed E-state index contributed by atoms with van der Waals surface area (Å²) in [6.45, 7) is 1.52. The van der Waals surface area contributed by atoms with Gasteiger partial charge in [0.2, 0.25) is 5.91 Å². The van der Waals surface area contributed by atoms with Crippen molar-refractivity contribution in [2.24, 2.45) is 0 Å². The molecule has 1 amide bonds. The zero-order valence-electron chi connectivity index (χ0n) is 14.2. The molecule has 132 valence electrons. The second-order valence-corrected chi connectivity index (χ2v) is 7.14. The summed E-state index contributed by atoms with van der Waals surface area (Å²) >= 11 is 1.71. The van der Waals surface area contributed by atoms with Gasteiger partial charge in [-0.25, -0.2) is 4.98 Å². The Morgan fingerprint density at radius 2 is 2.04 bits per heavy atom. The van der Waals surface area contributed by atoms with Gasteiger partial charge in [0.25, 0.3) is 0 Å². The van der Waals surface area contributed by atoms with Gasteiger partial charge in [-0.05, 0) is 43.2 Å². The van der Waals surface area contributed by atoms with Gasteiger partial charge < -0.3 is 9.32 Å². The van der Waals surface area contributed by atoms with Crippen LogP contribution in [0.3, 0.4) is 0 Å². The first-order valence-corrected chi connectivity index (χ1v) is 9.54. The normalized spacial score (nSPS) is 15.6. The highest BCUT2D eigenvalue weighted by Gasteiger charge is 2.25. The number of nitrogens with zero attached hydrogens (tertiary/aromatic N) is 3. The molecule has 4 heterocycles. The van der Waals surface area contributed by atoms with Crippen molar-refractivity contribution >= 4 is 23.3 Å². The molecule has 3 aromatic heterocycles. The van der Waals surface area contributed by atoms with E-state index in [2.05, 4.69) is 10.4 Å². The predicted octanol–water partition coefficient (Wildman–Crippen LogP) is 4.22. The molecule has 4 rings (SSSR count). The van der Waals surface area contributed by atoms with E-state index in [9.17, 15) is 4.79 Å². The third kappa shape index (κ3) is 3.75. The molecule has 5 nitrogen and oxygen atoms in total. The summed E-state index contributed by atoms with van der Waals surface area (Å²) in [6.07, 6.45) is 10.4. The number of furan rings is 1. The van der Waals surface area contributed by atoms with Gasteiger partial charge >= 0.3 is 0 Å². The molecule has 0 unspecified atom stereocenters. The van der Waals surface area contributed by atoms with E-state index >= 15 is 0 Å². The number of carbonyl (C=O) groups is 1. The summed E-state index contributed by atoms with van der Waals surface area (Å²) in [6, 6.07) is 7.60. The Kier molecular flexibility index (Phi) is 4.93. The van der Waals surface area contributed by atoms with Gasteiger partial charge in [0.1, 0.15) is 5.76 Å². The molecule has 0 radical (unpaired) electrons. The molecular formula is C20H19N3O2S. The quantitative estimate of drug-likeness (QED) is 0.650. The van der Waals surface area contributed by atoms with Crippen LogP contribution >= 0.6 is 11.3 Å². The van der Waals surface area contributed by atoms with Crippen LogP contribution in [0.2, 0.25) is 0 Å². The van der Waals surface area contributed by atoms with Crippen molar-refractivity contribution < 1.29 is 9.21 Å². The fraction of sp³-hybridized carbons (Fsp3) is 0.250. The van der Waals surface area contributed by atoms with Gasteiger partial charge in [-0.15, -0.1) is 11.3 Å². The zero-order chi connectivity index (χ0) is 17.8.